The molecule has 0 aliphatic carbocycles. The number of carboxylic acid groups (broad SMARTS) is 1. The minimum atomic E-state index is -0.739. The average molecular weight is 235 g/mol. The van der Waals surface area contributed by atoms with Gasteiger partial charge in [-0.3, -0.25) is 9.69 Å². The van der Waals surface area contributed by atoms with E-state index in [2.05, 4.69) is 0 Å². The maximum atomic E-state index is 11.3. The molecule has 3 heteroatoms. The van der Waals surface area contributed by atoms with Crippen LogP contribution in [0.25, 0.3) is 0 Å². The number of aliphatic carboxylic acids is 1. The number of carboxylic acids is 1. The number of nitrogens with zero attached hydrogens (tertiary/aromatic N) is 1. The minimum absolute atomic E-state index is 0.425. The molecular formula is C14H21NO2. The van der Waals surface area contributed by atoms with Crippen molar-refractivity contribution < 1.29 is 9.90 Å². The third-order valence-corrected chi connectivity index (χ3v) is 3.21. The van der Waals surface area contributed by atoms with E-state index in [1.807, 2.05) is 49.9 Å². The highest BCUT2D eigenvalue weighted by Gasteiger charge is 2.23. The van der Waals surface area contributed by atoms with E-state index in [9.17, 15) is 9.90 Å². The van der Waals surface area contributed by atoms with Gasteiger partial charge in [0.2, 0.25) is 0 Å². The van der Waals surface area contributed by atoms with Crippen LogP contribution in [0.2, 0.25) is 0 Å². The summed E-state index contributed by atoms with van der Waals surface area (Å²) in [5, 5.41) is 9.32. The summed E-state index contributed by atoms with van der Waals surface area (Å²) in [4.78, 5) is 13.3. The van der Waals surface area contributed by atoms with Crippen molar-refractivity contribution in [3.05, 3.63) is 35.4 Å². The van der Waals surface area contributed by atoms with Gasteiger partial charge >= 0.3 is 5.97 Å². The van der Waals surface area contributed by atoms with Gasteiger partial charge in [0.1, 0.15) is 6.04 Å². The van der Waals surface area contributed by atoms with Crippen LogP contribution in [0.3, 0.4) is 0 Å². The maximum absolute atomic E-state index is 11.3. The van der Waals surface area contributed by atoms with Crippen molar-refractivity contribution in [3.63, 3.8) is 0 Å². The van der Waals surface area contributed by atoms with Gasteiger partial charge in [-0.25, -0.2) is 0 Å². The molecule has 94 valence electrons. The molecule has 1 unspecified atom stereocenters. The zero-order chi connectivity index (χ0) is 12.8. The lowest BCUT2D eigenvalue weighted by Crippen LogP contribution is -2.42. The van der Waals surface area contributed by atoms with Gasteiger partial charge < -0.3 is 5.11 Å². The Labute approximate surface area is 103 Å². The molecule has 0 radical (unpaired) electrons. The van der Waals surface area contributed by atoms with Crippen molar-refractivity contribution in [3.8, 4) is 0 Å². The molecule has 1 rings (SSSR count). The number of hydrogen-bond acceptors (Lipinski definition) is 2. The van der Waals surface area contributed by atoms with E-state index < -0.39 is 12.0 Å². The van der Waals surface area contributed by atoms with Crippen LogP contribution in [-0.4, -0.2) is 35.1 Å². The van der Waals surface area contributed by atoms with Crippen molar-refractivity contribution in [1.82, 2.24) is 4.90 Å². The first-order valence-electron chi connectivity index (χ1n) is 6.11. The topological polar surface area (TPSA) is 40.5 Å². The molecule has 0 aromatic heterocycles. The van der Waals surface area contributed by atoms with E-state index in [0.717, 1.165) is 24.2 Å². The number of carbonyl (C=O) groups is 1. The van der Waals surface area contributed by atoms with E-state index in [0.29, 0.717) is 6.42 Å². The SMILES string of the molecule is CCN(CC)C(Cc1ccccc1C)C(=O)O. The Morgan fingerprint density at radius 1 is 1.29 bits per heavy atom. The second-order valence-electron chi connectivity index (χ2n) is 4.21. The predicted octanol–water partition coefficient (Wildman–Crippen LogP) is 2.33. The van der Waals surface area contributed by atoms with Gasteiger partial charge in [0, 0.05) is 0 Å². The van der Waals surface area contributed by atoms with Gasteiger partial charge in [0.05, 0.1) is 0 Å². The van der Waals surface area contributed by atoms with Crippen LogP contribution in [0.4, 0.5) is 0 Å². The van der Waals surface area contributed by atoms with Crippen LogP contribution in [0, 0.1) is 6.92 Å². The second-order valence-corrected chi connectivity index (χ2v) is 4.21. The van der Waals surface area contributed by atoms with Crippen molar-refractivity contribution in [2.45, 2.75) is 33.2 Å². The molecule has 0 spiro atoms. The molecule has 17 heavy (non-hydrogen) atoms. The van der Waals surface area contributed by atoms with Gasteiger partial charge in [-0.05, 0) is 37.6 Å². The van der Waals surface area contributed by atoms with Crippen molar-refractivity contribution in [1.29, 1.82) is 0 Å². The second kappa shape index (κ2) is 6.40. The largest absolute Gasteiger partial charge is 0.480 e. The Morgan fingerprint density at radius 3 is 2.35 bits per heavy atom. The molecule has 1 N–H and O–H groups in total. The van der Waals surface area contributed by atoms with Crippen LogP contribution in [0.5, 0.6) is 0 Å². The van der Waals surface area contributed by atoms with E-state index in [1.165, 1.54) is 0 Å². The van der Waals surface area contributed by atoms with E-state index >= 15 is 0 Å². The molecule has 1 atom stereocenters. The summed E-state index contributed by atoms with van der Waals surface area (Å²) < 4.78 is 0. The quantitative estimate of drug-likeness (QED) is 0.822. The van der Waals surface area contributed by atoms with Gasteiger partial charge in [0.15, 0.2) is 0 Å². The molecule has 1 aromatic carbocycles. The van der Waals surface area contributed by atoms with Gasteiger partial charge in [-0.1, -0.05) is 38.1 Å². The first-order valence-corrected chi connectivity index (χ1v) is 6.11. The van der Waals surface area contributed by atoms with E-state index in [-0.39, 0.29) is 0 Å². The number of rotatable bonds is 6. The lowest BCUT2D eigenvalue weighted by molar-refractivity contribution is -0.143. The lowest BCUT2D eigenvalue weighted by atomic mass is 10.00. The molecule has 0 saturated carbocycles. The van der Waals surface area contributed by atoms with Crippen LogP contribution in [-0.2, 0) is 11.2 Å². The number of benzene rings is 1. The lowest BCUT2D eigenvalue weighted by Gasteiger charge is -2.26. The third kappa shape index (κ3) is 3.56. The normalized spacial score (nSPS) is 12.7. The van der Waals surface area contributed by atoms with Crippen LogP contribution >= 0.6 is 0 Å². The van der Waals surface area contributed by atoms with Gasteiger partial charge in [-0.15, -0.1) is 0 Å². The summed E-state index contributed by atoms with van der Waals surface area (Å²) in [5.41, 5.74) is 2.28. The first kappa shape index (κ1) is 13.7. The minimum Gasteiger partial charge on any atom is -0.480 e. The zero-order valence-corrected chi connectivity index (χ0v) is 10.8. The van der Waals surface area contributed by atoms with Crippen LogP contribution in [0.1, 0.15) is 25.0 Å². The summed E-state index contributed by atoms with van der Waals surface area (Å²) in [6.45, 7) is 7.55. The Bertz CT molecular complexity index is 372. The molecule has 0 bridgehead atoms. The maximum Gasteiger partial charge on any atom is 0.321 e. The summed E-state index contributed by atoms with van der Waals surface area (Å²) in [7, 11) is 0. The number of likely N-dealkylation sites (N-methyl/N-ethyl adjacent to an activating group) is 1. The Hall–Kier alpha value is -1.35. The summed E-state index contributed by atoms with van der Waals surface area (Å²) in [5.74, 6) is -0.739. The van der Waals surface area contributed by atoms with Crippen molar-refractivity contribution in [2.75, 3.05) is 13.1 Å². The highest BCUT2D eigenvalue weighted by atomic mass is 16.4. The fourth-order valence-electron chi connectivity index (χ4n) is 2.08. The predicted molar refractivity (Wildman–Crippen MR) is 69.2 cm³/mol. The fraction of sp³-hybridized carbons (Fsp3) is 0.500. The van der Waals surface area contributed by atoms with Crippen molar-refractivity contribution in [2.24, 2.45) is 0 Å². The van der Waals surface area contributed by atoms with Gasteiger partial charge in [0.25, 0.3) is 0 Å². The Balaban J connectivity index is 2.87. The monoisotopic (exact) mass is 235 g/mol. The molecule has 0 aliphatic rings. The zero-order valence-electron chi connectivity index (χ0n) is 10.8. The summed E-state index contributed by atoms with van der Waals surface area (Å²) >= 11 is 0. The first-order chi connectivity index (χ1) is 8.10. The standard InChI is InChI=1S/C14H21NO2/c1-4-15(5-2)13(14(16)17)10-12-9-7-6-8-11(12)3/h6-9,13H,4-5,10H2,1-3H3,(H,16,17). The molecule has 0 saturated heterocycles. The van der Waals surface area contributed by atoms with Gasteiger partial charge in [-0.2, -0.15) is 0 Å². The van der Waals surface area contributed by atoms with Crippen molar-refractivity contribution >= 4 is 5.97 Å². The fourth-order valence-corrected chi connectivity index (χ4v) is 2.08. The highest BCUT2D eigenvalue weighted by molar-refractivity contribution is 5.74. The Kier molecular flexibility index (Phi) is 5.16. The molecule has 1 aromatic rings. The molecule has 0 amide bonds. The molecular weight excluding hydrogens is 214 g/mol. The summed E-state index contributed by atoms with van der Waals surface area (Å²) in [6.07, 6.45) is 0.573. The highest BCUT2D eigenvalue weighted by Crippen LogP contribution is 2.13. The van der Waals surface area contributed by atoms with Crippen LogP contribution < -0.4 is 0 Å². The number of hydrogen-bond donors (Lipinski definition) is 1. The summed E-state index contributed by atoms with van der Waals surface area (Å²) in [6, 6.07) is 7.55. The van der Waals surface area contributed by atoms with Crippen LogP contribution in [0.15, 0.2) is 24.3 Å². The average Bonchev–Trinajstić information content (AvgIpc) is 2.31. The molecule has 0 heterocycles. The third-order valence-electron chi connectivity index (χ3n) is 3.21. The van der Waals surface area contributed by atoms with E-state index in [4.69, 9.17) is 0 Å². The smallest absolute Gasteiger partial charge is 0.321 e. The van der Waals surface area contributed by atoms with E-state index in [1.54, 1.807) is 0 Å². The molecule has 3 nitrogen and oxygen atoms in total. The number of aryl methyl sites for hydroxylation is 1. The Morgan fingerprint density at radius 2 is 1.88 bits per heavy atom. The molecule has 0 aliphatic heterocycles. The molecule has 0 fully saturated rings.